The number of rotatable bonds is 17. The van der Waals surface area contributed by atoms with E-state index in [1.54, 1.807) is 33.2 Å². The van der Waals surface area contributed by atoms with Crippen molar-refractivity contribution in [3.05, 3.63) is 54.5 Å². The summed E-state index contributed by atoms with van der Waals surface area (Å²) < 4.78 is 22.4. The molecule has 14 nitrogen and oxygen atoms in total. The molecule has 1 saturated heterocycles. The standard InChI is InChI=1S/C34H46N6O8/c1-22-18-37-29(38-25-6-5-24-19-36-8-7-23(24)15-25)17-28(22)48-14-13-46-10-9-45-11-12-47-21-30(42)39-31(34(2,3)4)33(44)40-20-26(41)16-27(40)32(35)43/h5-8,15,17-19,26-27,31,41H,9-14,16,20-21H2,1-4H3,(H2,35,43)(H,37,38)(H,39,42)/t26-,27+,31-/m1/s1. The Morgan fingerprint density at radius 1 is 1.00 bits per heavy atom. The number of ether oxygens (including phenoxy) is 4. The van der Waals surface area contributed by atoms with E-state index in [2.05, 4.69) is 20.6 Å². The minimum atomic E-state index is -0.937. The molecule has 2 aromatic heterocycles. The number of hydrogen-bond donors (Lipinski definition) is 4. The number of nitrogens with two attached hydrogens (primary N) is 1. The molecule has 1 fully saturated rings. The molecule has 260 valence electrons. The zero-order chi connectivity index (χ0) is 34.7. The number of carbonyl (C=O) groups excluding carboxylic acids is 3. The van der Waals surface area contributed by atoms with Crippen LogP contribution in [-0.4, -0.2) is 109 Å². The van der Waals surface area contributed by atoms with Crippen LogP contribution < -0.4 is 21.1 Å². The Labute approximate surface area is 280 Å². The molecule has 0 aliphatic carbocycles. The molecule has 0 saturated carbocycles. The summed E-state index contributed by atoms with van der Waals surface area (Å²) in [5.41, 5.74) is 6.58. The molecule has 3 atom stereocenters. The van der Waals surface area contributed by atoms with Crippen molar-refractivity contribution in [3.8, 4) is 5.75 Å². The molecule has 4 rings (SSSR count). The quantitative estimate of drug-likeness (QED) is 0.155. The van der Waals surface area contributed by atoms with Gasteiger partial charge in [-0.15, -0.1) is 0 Å². The molecule has 48 heavy (non-hydrogen) atoms. The van der Waals surface area contributed by atoms with E-state index in [0.717, 1.165) is 22.0 Å². The second-order valence-electron chi connectivity index (χ2n) is 12.7. The Morgan fingerprint density at radius 3 is 2.42 bits per heavy atom. The van der Waals surface area contributed by atoms with Crippen LogP contribution in [0.25, 0.3) is 10.8 Å². The average molecular weight is 667 g/mol. The minimum absolute atomic E-state index is 0.0195. The van der Waals surface area contributed by atoms with Crippen molar-refractivity contribution < 1.29 is 38.4 Å². The molecule has 1 aliphatic heterocycles. The van der Waals surface area contributed by atoms with E-state index in [1.807, 2.05) is 43.5 Å². The fourth-order valence-corrected chi connectivity index (χ4v) is 5.20. The van der Waals surface area contributed by atoms with Crippen molar-refractivity contribution >= 4 is 40.0 Å². The van der Waals surface area contributed by atoms with E-state index in [4.69, 9.17) is 24.7 Å². The van der Waals surface area contributed by atoms with Crippen LogP contribution in [0.15, 0.2) is 48.9 Å². The topological polar surface area (TPSA) is 187 Å². The lowest BCUT2D eigenvalue weighted by atomic mass is 9.85. The van der Waals surface area contributed by atoms with Gasteiger partial charge < -0.3 is 45.3 Å². The Morgan fingerprint density at radius 2 is 1.71 bits per heavy atom. The Bertz CT molecular complexity index is 1550. The third-order valence-corrected chi connectivity index (χ3v) is 7.74. The number of aliphatic hydroxyl groups is 1. The number of pyridine rings is 2. The van der Waals surface area contributed by atoms with Gasteiger partial charge in [0, 0.05) is 54.3 Å². The van der Waals surface area contributed by atoms with Gasteiger partial charge in [0.15, 0.2) is 0 Å². The molecule has 0 spiro atoms. The average Bonchev–Trinajstić information content (AvgIpc) is 3.45. The van der Waals surface area contributed by atoms with Gasteiger partial charge in [-0.2, -0.15) is 0 Å². The van der Waals surface area contributed by atoms with Gasteiger partial charge >= 0.3 is 0 Å². The number of β-amino-alcohol motifs (C(OH)–C–C–N with tert-alkyl or cyclic N) is 1. The Balaban J connectivity index is 1.08. The zero-order valence-electron chi connectivity index (χ0n) is 27.9. The monoisotopic (exact) mass is 666 g/mol. The zero-order valence-corrected chi connectivity index (χ0v) is 27.9. The number of amides is 3. The molecule has 5 N–H and O–H groups in total. The fourth-order valence-electron chi connectivity index (χ4n) is 5.20. The molecule has 14 heteroatoms. The number of anilines is 2. The largest absolute Gasteiger partial charge is 0.491 e. The van der Waals surface area contributed by atoms with E-state index in [9.17, 15) is 19.5 Å². The smallest absolute Gasteiger partial charge is 0.246 e. The maximum absolute atomic E-state index is 13.2. The van der Waals surface area contributed by atoms with Gasteiger partial charge in [0.05, 0.1) is 39.1 Å². The van der Waals surface area contributed by atoms with Crippen LogP contribution in [0, 0.1) is 12.3 Å². The maximum atomic E-state index is 13.2. The van der Waals surface area contributed by atoms with E-state index < -0.39 is 41.3 Å². The van der Waals surface area contributed by atoms with Gasteiger partial charge in [-0.05, 0) is 35.9 Å². The molecule has 0 bridgehead atoms. The lowest BCUT2D eigenvalue weighted by Gasteiger charge is -2.35. The van der Waals surface area contributed by atoms with Gasteiger partial charge in [0.2, 0.25) is 17.7 Å². The molecule has 3 aromatic rings. The summed E-state index contributed by atoms with van der Waals surface area (Å²) in [6.07, 6.45) is 4.57. The number of nitrogens with one attached hydrogen (secondary N) is 2. The summed E-state index contributed by atoms with van der Waals surface area (Å²) in [6.45, 7) is 8.86. The number of fused-ring (bicyclic) bond motifs is 1. The molecule has 0 radical (unpaired) electrons. The predicted octanol–water partition coefficient (Wildman–Crippen LogP) is 2.09. The van der Waals surface area contributed by atoms with Gasteiger partial charge in [-0.25, -0.2) is 4.98 Å². The van der Waals surface area contributed by atoms with Crippen molar-refractivity contribution in [3.63, 3.8) is 0 Å². The van der Waals surface area contributed by atoms with Gasteiger partial charge in [-0.3, -0.25) is 19.4 Å². The molecule has 0 unspecified atom stereocenters. The van der Waals surface area contributed by atoms with E-state index in [1.165, 1.54) is 4.90 Å². The van der Waals surface area contributed by atoms with Gasteiger partial charge in [0.25, 0.3) is 0 Å². The highest BCUT2D eigenvalue weighted by atomic mass is 16.6. The summed E-state index contributed by atoms with van der Waals surface area (Å²) >= 11 is 0. The number of aliphatic hydroxyl groups excluding tert-OH is 1. The van der Waals surface area contributed by atoms with Gasteiger partial charge in [-0.1, -0.05) is 26.8 Å². The van der Waals surface area contributed by atoms with Crippen LogP contribution in [-0.2, 0) is 28.6 Å². The summed E-state index contributed by atoms with van der Waals surface area (Å²) in [5.74, 6) is -0.276. The third-order valence-electron chi connectivity index (χ3n) is 7.74. The fraction of sp³-hybridized carbons (Fsp3) is 0.500. The van der Waals surface area contributed by atoms with Crippen molar-refractivity contribution in [1.82, 2.24) is 20.2 Å². The first-order valence-electron chi connectivity index (χ1n) is 15.9. The SMILES string of the molecule is Cc1cnc(Nc2ccc3cnccc3c2)cc1OCCOCCOCCOCC(=O)N[C@H](C(=O)N1C[C@H](O)C[C@H]1C(N)=O)C(C)(C)C. The molecule has 3 heterocycles. The van der Waals surface area contributed by atoms with Crippen molar-refractivity contribution in [2.45, 2.75) is 52.3 Å². The first-order valence-corrected chi connectivity index (χ1v) is 15.9. The van der Waals surface area contributed by atoms with E-state index >= 15 is 0 Å². The molecule has 1 aliphatic rings. The second kappa shape index (κ2) is 17.2. The number of benzene rings is 1. The highest BCUT2D eigenvalue weighted by molar-refractivity contribution is 5.93. The van der Waals surface area contributed by atoms with Crippen LogP contribution in [0.2, 0.25) is 0 Å². The molecular weight excluding hydrogens is 620 g/mol. The summed E-state index contributed by atoms with van der Waals surface area (Å²) in [4.78, 5) is 47.4. The molecule has 1 aromatic carbocycles. The maximum Gasteiger partial charge on any atom is 0.246 e. The number of nitrogens with zero attached hydrogens (tertiary/aromatic N) is 3. The van der Waals surface area contributed by atoms with Crippen LogP contribution >= 0.6 is 0 Å². The van der Waals surface area contributed by atoms with Crippen LogP contribution in [0.1, 0.15) is 32.8 Å². The number of aromatic nitrogens is 2. The van der Waals surface area contributed by atoms with Crippen LogP contribution in [0.3, 0.4) is 0 Å². The summed E-state index contributed by atoms with van der Waals surface area (Å²) in [6, 6.07) is 7.99. The summed E-state index contributed by atoms with van der Waals surface area (Å²) in [5, 5.41) is 18.1. The van der Waals surface area contributed by atoms with E-state index in [-0.39, 0.29) is 32.8 Å². The lowest BCUT2D eigenvalue weighted by Crippen LogP contribution is -2.57. The van der Waals surface area contributed by atoms with Crippen LogP contribution in [0.5, 0.6) is 5.75 Å². The lowest BCUT2D eigenvalue weighted by molar-refractivity contribution is -0.144. The number of primary amides is 1. The molecular formula is C34H46N6O8. The number of hydrogen-bond acceptors (Lipinski definition) is 11. The van der Waals surface area contributed by atoms with Crippen molar-refractivity contribution in [2.24, 2.45) is 11.1 Å². The normalized spacial score (nSPS) is 16.9. The minimum Gasteiger partial charge on any atom is -0.491 e. The van der Waals surface area contributed by atoms with Crippen molar-refractivity contribution in [1.29, 1.82) is 0 Å². The highest BCUT2D eigenvalue weighted by Crippen LogP contribution is 2.27. The second-order valence-corrected chi connectivity index (χ2v) is 12.7. The molecule has 3 amide bonds. The number of carbonyl (C=O) groups is 3. The Hall–Kier alpha value is -4.37. The summed E-state index contributed by atoms with van der Waals surface area (Å²) in [7, 11) is 0. The number of aryl methyl sites for hydroxylation is 1. The Kier molecular flexibility index (Phi) is 13.0. The predicted molar refractivity (Wildman–Crippen MR) is 179 cm³/mol. The first kappa shape index (κ1) is 36.5. The van der Waals surface area contributed by atoms with E-state index in [0.29, 0.717) is 38.0 Å². The van der Waals surface area contributed by atoms with Gasteiger partial charge in [0.1, 0.15) is 36.9 Å². The van der Waals surface area contributed by atoms with Crippen molar-refractivity contribution in [2.75, 3.05) is 58.1 Å². The number of likely N-dealkylation sites (tertiary alicyclic amines) is 1. The third kappa shape index (κ3) is 10.6. The van der Waals surface area contributed by atoms with Crippen LogP contribution in [0.4, 0.5) is 11.5 Å². The highest BCUT2D eigenvalue weighted by Gasteiger charge is 2.43. The first-order chi connectivity index (χ1) is 22.9.